The summed E-state index contributed by atoms with van der Waals surface area (Å²) in [4.78, 5) is 13.3. The second-order valence-electron chi connectivity index (χ2n) is 4.41. The van der Waals surface area contributed by atoms with Gasteiger partial charge in [-0.2, -0.15) is 0 Å². The van der Waals surface area contributed by atoms with Crippen LogP contribution < -0.4 is 15.5 Å². The largest absolute Gasteiger partial charge is 0.478 e. The van der Waals surface area contributed by atoms with Crippen molar-refractivity contribution in [2.45, 2.75) is 6.42 Å². The van der Waals surface area contributed by atoms with Crippen LogP contribution in [0.5, 0.6) is 0 Å². The van der Waals surface area contributed by atoms with E-state index in [-0.39, 0.29) is 0 Å². The van der Waals surface area contributed by atoms with Crippen molar-refractivity contribution in [3.63, 3.8) is 0 Å². The molecule has 0 bridgehead atoms. The van der Waals surface area contributed by atoms with Gasteiger partial charge in [0.2, 0.25) is 0 Å². The van der Waals surface area contributed by atoms with Crippen molar-refractivity contribution >= 4 is 17.3 Å². The first kappa shape index (κ1) is 12.7. The Balaban J connectivity index is 2.17. The van der Waals surface area contributed by atoms with Gasteiger partial charge < -0.3 is 20.6 Å². The summed E-state index contributed by atoms with van der Waals surface area (Å²) >= 11 is 0. The van der Waals surface area contributed by atoms with E-state index in [1.165, 1.54) is 0 Å². The molecule has 0 amide bonds. The van der Waals surface area contributed by atoms with Gasteiger partial charge in [0.25, 0.3) is 0 Å². The Morgan fingerprint density at radius 1 is 1.56 bits per heavy atom. The minimum absolute atomic E-state index is 0.344. The number of aromatic carboxylic acids is 1. The van der Waals surface area contributed by atoms with Crippen LogP contribution in [0, 0.1) is 0 Å². The molecule has 98 valence electrons. The summed E-state index contributed by atoms with van der Waals surface area (Å²) in [5, 5.41) is 15.5. The Morgan fingerprint density at radius 2 is 2.39 bits per heavy atom. The maximum atomic E-state index is 11.0. The van der Waals surface area contributed by atoms with Gasteiger partial charge in [-0.1, -0.05) is 0 Å². The molecule has 0 saturated heterocycles. The number of fused-ring (bicyclic) bond motifs is 1. The van der Waals surface area contributed by atoms with Gasteiger partial charge in [0.15, 0.2) is 0 Å². The van der Waals surface area contributed by atoms with Gasteiger partial charge in [-0.25, -0.2) is 4.79 Å². The van der Waals surface area contributed by atoms with Gasteiger partial charge in [-0.3, -0.25) is 0 Å². The topological polar surface area (TPSA) is 64.6 Å². The van der Waals surface area contributed by atoms with Crippen molar-refractivity contribution in [1.29, 1.82) is 0 Å². The predicted octanol–water partition coefficient (Wildman–Crippen LogP) is 1.23. The Hall–Kier alpha value is -1.75. The van der Waals surface area contributed by atoms with Crippen LogP contribution in [-0.2, 0) is 0 Å². The van der Waals surface area contributed by atoms with Crippen LogP contribution in [0.15, 0.2) is 18.2 Å². The van der Waals surface area contributed by atoms with Crippen LogP contribution in [0.3, 0.4) is 0 Å². The Kier molecular flexibility index (Phi) is 4.04. The number of nitrogens with zero attached hydrogens (tertiary/aromatic N) is 1. The van der Waals surface area contributed by atoms with Crippen LogP contribution in [0.1, 0.15) is 16.8 Å². The second kappa shape index (κ2) is 5.73. The zero-order chi connectivity index (χ0) is 13.0. The highest BCUT2D eigenvalue weighted by Gasteiger charge is 2.17. The number of nitrogens with one attached hydrogen (secondary N) is 2. The fraction of sp³-hybridized carbons (Fsp3) is 0.462. The fourth-order valence-electron chi connectivity index (χ4n) is 2.20. The molecule has 0 saturated carbocycles. The third-order valence-electron chi connectivity index (χ3n) is 3.14. The van der Waals surface area contributed by atoms with E-state index in [9.17, 15) is 4.79 Å². The van der Waals surface area contributed by atoms with Crippen LogP contribution in [0.2, 0.25) is 0 Å². The minimum Gasteiger partial charge on any atom is -0.478 e. The van der Waals surface area contributed by atoms with Gasteiger partial charge >= 0.3 is 5.97 Å². The first-order valence-corrected chi connectivity index (χ1v) is 6.23. The number of carboxylic acids is 1. The normalized spacial score (nSPS) is 13.9. The molecule has 3 N–H and O–H groups in total. The maximum Gasteiger partial charge on any atom is 0.335 e. The molecule has 5 nitrogen and oxygen atoms in total. The minimum atomic E-state index is -0.876. The Bertz CT molecular complexity index is 434. The Morgan fingerprint density at radius 3 is 3.11 bits per heavy atom. The van der Waals surface area contributed by atoms with Crippen LogP contribution in [0.25, 0.3) is 0 Å². The number of hydrogen-bond donors (Lipinski definition) is 3. The van der Waals surface area contributed by atoms with Crippen LogP contribution in [-0.4, -0.2) is 44.3 Å². The molecular formula is C13H19N3O2. The quantitative estimate of drug-likeness (QED) is 0.685. The van der Waals surface area contributed by atoms with Crippen molar-refractivity contribution in [2.75, 3.05) is 43.4 Å². The van der Waals surface area contributed by atoms with Gasteiger partial charge in [0.1, 0.15) is 0 Å². The highest BCUT2D eigenvalue weighted by atomic mass is 16.4. The molecule has 5 heteroatoms. The SMILES string of the molecule is CNCCCN1CCNc2ccc(C(=O)O)cc21. The maximum absolute atomic E-state index is 11.0. The molecule has 0 radical (unpaired) electrons. The lowest BCUT2D eigenvalue weighted by atomic mass is 10.1. The molecule has 1 aromatic rings. The molecule has 0 fully saturated rings. The van der Waals surface area contributed by atoms with Crippen molar-refractivity contribution in [2.24, 2.45) is 0 Å². The lowest BCUT2D eigenvalue weighted by Crippen LogP contribution is -2.35. The fourth-order valence-corrected chi connectivity index (χ4v) is 2.20. The van der Waals surface area contributed by atoms with E-state index < -0.39 is 5.97 Å². The summed E-state index contributed by atoms with van der Waals surface area (Å²) in [7, 11) is 1.94. The number of carboxylic acid groups (broad SMARTS) is 1. The molecule has 18 heavy (non-hydrogen) atoms. The van der Waals surface area contributed by atoms with E-state index in [4.69, 9.17) is 5.11 Å². The summed E-state index contributed by atoms with van der Waals surface area (Å²) in [5.41, 5.74) is 2.36. The first-order chi connectivity index (χ1) is 8.72. The molecule has 1 heterocycles. The highest BCUT2D eigenvalue weighted by Crippen LogP contribution is 2.30. The second-order valence-corrected chi connectivity index (χ2v) is 4.41. The van der Waals surface area contributed by atoms with E-state index in [2.05, 4.69) is 15.5 Å². The van der Waals surface area contributed by atoms with Crippen molar-refractivity contribution in [3.8, 4) is 0 Å². The van der Waals surface area contributed by atoms with E-state index in [1.807, 2.05) is 13.1 Å². The molecule has 1 aliphatic heterocycles. The molecule has 0 spiro atoms. The van der Waals surface area contributed by atoms with Gasteiger partial charge in [0.05, 0.1) is 16.9 Å². The van der Waals surface area contributed by atoms with Crippen molar-refractivity contribution in [1.82, 2.24) is 5.32 Å². The number of hydrogen-bond acceptors (Lipinski definition) is 4. The average Bonchev–Trinajstić information content (AvgIpc) is 2.38. The standard InChI is InChI=1S/C13H19N3O2/c1-14-5-2-7-16-8-6-15-11-4-3-10(13(17)18)9-12(11)16/h3-4,9,14-15H,2,5-8H2,1H3,(H,17,18). The number of carbonyl (C=O) groups is 1. The molecule has 2 rings (SSSR count). The number of rotatable bonds is 5. The molecule has 1 aliphatic rings. The predicted molar refractivity (Wildman–Crippen MR) is 72.6 cm³/mol. The van der Waals surface area contributed by atoms with Crippen molar-refractivity contribution < 1.29 is 9.90 Å². The third-order valence-corrected chi connectivity index (χ3v) is 3.14. The Labute approximate surface area is 107 Å². The molecular weight excluding hydrogens is 230 g/mol. The van der Waals surface area contributed by atoms with E-state index in [1.54, 1.807) is 12.1 Å². The number of benzene rings is 1. The molecule has 0 unspecified atom stereocenters. The van der Waals surface area contributed by atoms with Gasteiger partial charge in [-0.05, 0) is 38.2 Å². The number of anilines is 2. The summed E-state index contributed by atoms with van der Waals surface area (Å²) in [6.07, 6.45) is 1.05. The summed E-state index contributed by atoms with van der Waals surface area (Å²) < 4.78 is 0. The van der Waals surface area contributed by atoms with Crippen LogP contribution in [0.4, 0.5) is 11.4 Å². The van der Waals surface area contributed by atoms with Gasteiger partial charge in [-0.15, -0.1) is 0 Å². The summed E-state index contributed by atoms with van der Waals surface area (Å²) in [6, 6.07) is 5.25. The first-order valence-electron chi connectivity index (χ1n) is 6.23. The van der Waals surface area contributed by atoms with Gasteiger partial charge in [0, 0.05) is 19.6 Å². The molecule has 0 aliphatic carbocycles. The lowest BCUT2D eigenvalue weighted by Gasteiger charge is -2.32. The van der Waals surface area contributed by atoms with E-state index >= 15 is 0 Å². The van der Waals surface area contributed by atoms with Crippen molar-refractivity contribution in [3.05, 3.63) is 23.8 Å². The summed E-state index contributed by atoms with van der Waals surface area (Å²) in [6.45, 7) is 3.73. The lowest BCUT2D eigenvalue weighted by molar-refractivity contribution is 0.0697. The monoisotopic (exact) mass is 249 g/mol. The third kappa shape index (κ3) is 2.73. The zero-order valence-corrected chi connectivity index (χ0v) is 10.6. The zero-order valence-electron chi connectivity index (χ0n) is 10.6. The molecule has 0 aromatic heterocycles. The molecule has 0 atom stereocenters. The highest BCUT2D eigenvalue weighted by molar-refractivity contribution is 5.91. The van der Waals surface area contributed by atoms with E-state index in [0.29, 0.717) is 5.56 Å². The summed E-state index contributed by atoms with van der Waals surface area (Å²) in [5.74, 6) is -0.876. The van der Waals surface area contributed by atoms with E-state index in [0.717, 1.165) is 44.0 Å². The average molecular weight is 249 g/mol. The van der Waals surface area contributed by atoms with Crippen LogP contribution >= 0.6 is 0 Å². The molecule has 1 aromatic carbocycles. The smallest absolute Gasteiger partial charge is 0.335 e.